The number of aryl methyl sites for hydroxylation is 1. The van der Waals surface area contributed by atoms with Crippen molar-refractivity contribution in [3.05, 3.63) is 29.3 Å². The lowest BCUT2D eigenvalue weighted by atomic mass is 9.79. The predicted molar refractivity (Wildman–Crippen MR) is 82.1 cm³/mol. The van der Waals surface area contributed by atoms with Crippen molar-refractivity contribution in [2.45, 2.75) is 38.5 Å². The molecule has 1 aliphatic carbocycles. The molecule has 1 aromatic carbocycles. The predicted octanol–water partition coefficient (Wildman–Crippen LogP) is 3.32. The van der Waals surface area contributed by atoms with Crippen molar-refractivity contribution in [2.75, 3.05) is 19.1 Å². The Morgan fingerprint density at radius 3 is 2.35 bits per heavy atom. The van der Waals surface area contributed by atoms with E-state index in [-0.39, 0.29) is 0 Å². The van der Waals surface area contributed by atoms with Gasteiger partial charge in [-0.05, 0) is 61.6 Å². The molecule has 1 fully saturated rings. The number of sulfone groups is 1. The van der Waals surface area contributed by atoms with Crippen LogP contribution in [0.5, 0.6) is 5.75 Å². The van der Waals surface area contributed by atoms with Crippen LogP contribution in [0, 0.1) is 12.8 Å². The van der Waals surface area contributed by atoms with Crippen molar-refractivity contribution < 1.29 is 13.2 Å². The van der Waals surface area contributed by atoms with Gasteiger partial charge in [0.15, 0.2) is 0 Å². The summed E-state index contributed by atoms with van der Waals surface area (Å²) in [7, 11) is -1.15. The third kappa shape index (κ3) is 3.98. The van der Waals surface area contributed by atoms with E-state index < -0.39 is 9.84 Å². The van der Waals surface area contributed by atoms with Crippen LogP contribution < -0.4 is 4.74 Å². The summed E-state index contributed by atoms with van der Waals surface area (Å²) < 4.78 is 28.0. The van der Waals surface area contributed by atoms with Crippen molar-refractivity contribution >= 4 is 9.84 Å². The number of hydrogen-bond acceptors (Lipinski definition) is 3. The minimum Gasteiger partial charge on any atom is -0.496 e. The average Bonchev–Trinajstić information content (AvgIpc) is 2.37. The molecule has 0 atom stereocenters. The van der Waals surface area contributed by atoms with E-state index in [2.05, 4.69) is 19.1 Å². The maximum absolute atomic E-state index is 11.4. The van der Waals surface area contributed by atoms with E-state index in [0.717, 1.165) is 31.4 Å². The van der Waals surface area contributed by atoms with Gasteiger partial charge in [0.25, 0.3) is 0 Å². The Morgan fingerprint density at radius 2 is 1.85 bits per heavy atom. The Bertz CT molecular complexity index is 555. The zero-order valence-corrected chi connectivity index (χ0v) is 13.4. The number of hydrogen-bond donors (Lipinski definition) is 0. The first kappa shape index (κ1) is 15.4. The summed E-state index contributed by atoms with van der Waals surface area (Å²) >= 11 is 0. The van der Waals surface area contributed by atoms with E-state index in [0.29, 0.717) is 17.6 Å². The summed E-state index contributed by atoms with van der Waals surface area (Å²) in [5.74, 6) is 2.19. The van der Waals surface area contributed by atoms with Gasteiger partial charge in [0, 0.05) is 6.26 Å². The van der Waals surface area contributed by atoms with Crippen molar-refractivity contribution in [1.82, 2.24) is 0 Å². The molecule has 2 rings (SSSR count). The van der Waals surface area contributed by atoms with Crippen LogP contribution in [0.4, 0.5) is 0 Å². The standard InChI is InChI=1S/C16H24O3S/c1-12-10-15(8-9-16(12)19-2)14-6-4-13(5-7-14)11-20(3,17)18/h8-10,13-14H,4-7,11H2,1-3H3. The van der Waals surface area contributed by atoms with E-state index in [4.69, 9.17) is 4.74 Å². The Kier molecular flexibility index (Phi) is 4.74. The number of methoxy groups -OCH3 is 1. The summed E-state index contributed by atoms with van der Waals surface area (Å²) in [5.41, 5.74) is 2.53. The molecule has 0 aromatic heterocycles. The summed E-state index contributed by atoms with van der Waals surface area (Å²) in [4.78, 5) is 0. The van der Waals surface area contributed by atoms with Gasteiger partial charge >= 0.3 is 0 Å². The fraction of sp³-hybridized carbons (Fsp3) is 0.625. The van der Waals surface area contributed by atoms with Crippen LogP contribution in [-0.4, -0.2) is 27.5 Å². The average molecular weight is 296 g/mol. The zero-order valence-electron chi connectivity index (χ0n) is 12.6. The van der Waals surface area contributed by atoms with Crippen LogP contribution in [-0.2, 0) is 9.84 Å². The van der Waals surface area contributed by atoms with Crippen LogP contribution in [0.25, 0.3) is 0 Å². The fourth-order valence-corrected chi connectivity index (χ4v) is 4.44. The van der Waals surface area contributed by atoms with Crippen molar-refractivity contribution in [3.63, 3.8) is 0 Å². The molecule has 0 amide bonds. The molecule has 0 radical (unpaired) electrons. The largest absolute Gasteiger partial charge is 0.496 e. The Hall–Kier alpha value is -1.03. The van der Waals surface area contributed by atoms with E-state index in [1.54, 1.807) is 7.11 Å². The van der Waals surface area contributed by atoms with Gasteiger partial charge < -0.3 is 4.74 Å². The first-order valence-corrected chi connectivity index (χ1v) is 9.27. The number of benzene rings is 1. The monoisotopic (exact) mass is 296 g/mol. The van der Waals surface area contributed by atoms with Gasteiger partial charge in [0.05, 0.1) is 12.9 Å². The molecule has 0 N–H and O–H groups in total. The van der Waals surface area contributed by atoms with Crippen LogP contribution in [0.3, 0.4) is 0 Å². The van der Waals surface area contributed by atoms with E-state index in [1.807, 2.05) is 6.07 Å². The minimum absolute atomic E-state index is 0.348. The molecule has 0 bridgehead atoms. The summed E-state index contributed by atoms with van der Waals surface area (Å²) in [6.07, 6.45) is 5.55. The molecule has 0 unspecified atom stereocenters. The van der Waals surface area contributed by atoms with Gasteiger partial charge in [-0.1, -0.05) is 12.1 Å². The normalized spacial score (nSPS) is 23.6. The highest BCUT2D eigenvalue weighted by atomic mass is 32.2. The lowest BCUT2D eigenvalue weighted by molar-refractivity contribution is 0.348. The molecular weight excluding hydrogens is 272 g/mol. The van der Waals surface area contributed by atoms with Gasteiger partial charge in [0.2, 0.25) is 0 Å². The van der Waals surface area contributed by atoms with Gasteiger partial charge in [-0.3, -0.25) is 0 Å². The van der Waals surface area contributed by atoms with Gasteiger partial charge in [-0.25, -0.2) is 8.42 Å². The molecule has 0 saturated heterocycles. The van der Waals surface area contributed by atoms with E-state index in [1.165, 1.54) is 17.4 Å². The van der Waals surface area contributed by atoms with E-state index >= 15 is 0 Å². The molecular formula is C16H24O3S. The quantitative estimate of drug-likeness (QED) is 0.856. The highest BCUT2D eigenvalue weighted by Gasteiger charge is 2.25. The summed E-state index contributed by atoms with van der Waals surface area (Å²) in [5, 5.41) is 0. The van der Waals surface area contributed by atoms with Crippen LogP contribution in [0.2, 0.25) is 0 Å². The molecule has 112 valence electrons. The molecule has 1 aliphatic rings. The topological polar surface area (TPSA) is 43.4 Å². The first-order chi connectivity index (χ1) is 9.39. The first-order valence-electron chi connectivity index (χ1n) is 7.21. The maximum atomic E-state index is 11.4. The van der Waals surface area contributed by atoms with Gasteiger partial charge in [-0.2, -0.15) is 0 Å². The highest BCUT2D eigenvalue weighted by Crippen LogP contribution is 2.37. The van der Waals surface area contributed by atoms with Crippen molar-refractivity contribution in [3.8, 4) is 5.75 Å². The number of ether oxygens (including phenoxy) is 1. The van der Waals surface area contributed by atoms with Crippen molar-refractivity contribution in [2.24, 2.45) is 5.92 Å². The van der Waals surface area contributed by atoms with E-state index in [9.17, 15) is 8.42 Å². The Morgan fingerprint density at radius 1 is 1.20 bits per heavy atom. The van der Waals surface area contributed by atoms with Gasteiger partial charge in [0.1, 0.15) is 15.6 Å². The summed E-state index contributed by atoms with van der Waals surface area (Å²) in [6, 6.07) is 6.39. The number of rotatable bonds is 4. The van der Waals surface area contributed by atoms with Gasteiger partial charge in [-0.15, -0.1) is 0 Å². The molecule has 20 heavy (non-hydrogen) atoms. The van der Waals surface area contributed by atoms with Crippen LogP contribution in [0.15, 0.2) is 18.2 Å². The zero-order chi connectivity index (χ0) is 14.8. The lowest BCUT2D eigenvalue weighted by Gasteiger charge is -2.28. The second kappa shape index (κ2) is 6.17. The van der Waals surface area contributed by atoms with Crippen molar-refractivity contribution in [1.29, 1.82) is 0 Å². The molecule has 4 heteroatoms. The molecule has 1 aromatic rings. The second-order valence-corrected chi connectivity index (χ2v) is 8.22. The third-order valence-corrected chi connectivity index (χ3v) is 5.35. The minimum atomic E-state index is -2.84. The fourth-order valence-electron chi connectivity index (χ4n) is 3.25. The molecule has 0 aliphatic heterocycles. The lowest BCUT2D eigenvalue weighted by Crippen LogP contribution is -2.20. The van der Waals surface area contributed by atoms with Crippen LogP contribution in [0.1, 0.15) is 42.7 Å². The Balaban J connectivity index is 1.98. The Labute approximate surface area is 122 Å². The molecule has 1 saturated carbocycles. The molecule has 0 heterocycles. The third-order valence-electron chi connectivity index (χ3n) is 4.28. The smallest absolute Gasteiger partial charge is 0.147 e. The summed E-state index contributed by atoms with van der Waals surface area (Å²) in [6.45, 7) is 2.07. The molecule has 0 spiro atoms. The SMILES string of the molecule is COc1ccc(C2CCC(CS(C)(=O)=O)CC2)cc1C. The highest BCUT2D eigenvalue weighted by molar-refractivity contribution is 7.90. The second-order valence-electron chi connectivity index (χ2n) is 6.04. The maximum Gasteiger partial charge on any atom is 0.147 e. The van der Waals surface area contributed by atoms with Crippen LogP contribution >= 0.6 is 0 Å². The molecule has 3 nitrogen and oxygen atoms in total.